The first-order valence-corrected chi connectivity index (χ1v) is 11.4. The summed E-state index contributed by atoms with van der Waals surface area (Å²) in [6.45, 7) is 2.04. The molecule has 0 heterocycles. The molecule has 0 aliphatic rings. The van der Waals surface area contributed by atoms with Crippen molar-refractivity contribution in [3.05, 3.63) is 94.0 Å². The maximum atomic E-state index is 12.2. The quantitative estimate of drug-likeness (QED) is 0.169. The molecule has 0 saturated heterocycles. The molecule has 3 aromatic rings. The second-order valence-electron chi connectivity index (χ2n) is 7.29. The summed E-state index contributed by atoms with van der Waals surface area (Å²) in [5, 5.41) is 3.93. The summed E-state index contributed by atoms with van der Waals surface area (Å²) < 4.78 is 11.7. The fraction of sp³-hybridized carbons (Fsp3) is 0.192. The van der Waals surface area contributed by atoms with Gasteiger partial charge in [-0.05, 0) is 84.6 Å². The van der Waals surface area contributed by atoms with Gasteiger partial charge < -0.3 is 9.47 Å². The van der Waals surface area contributed by atoms with Crippen molar-refractivity contribution in [2.45, 2.75) is 26.2 Å². The van der Waals surface area contributed by atoms with E-state index in [-0.39, 0.29) is 12.5 Å². The highest BCUT2D eigenvalue weighted by molar-refractivity contribution is 9.10. The number of hydrogen-bond acceptors (Lipinski definition) is 5. The molecule has 0 bridgehead atoms. The fourth-order valence-electron chi connectivity index (χ4n) is 2.87. The van der Waals surface area contributed by atoms with E-state index in [0.717, 1.165) is 29.3 Å². The van der Waals surface area contributed by atoms with Crippen LogP contribution in [0.25, 0.3) is 0 Å². The fourth-order valence-corrected chi connectivity index (χ4v) is 3.13. The molecule has 3 rings (SSSR count). The number of halogens is 1. The first-order chi connectivity index (χ1) is 16.0. The maximum Gasteiger partial charge on any atom is 0.343 e. The molecule has 0 radical (unpaired) electrons. The lowest BCUT2D eigenvalue weighted by Crippen LogP contribution is -2.24. The van der Waals surface area contributed by atoms with Gasteiger partial charge in [0.15, 0.2) is 6.61 Å². The van der Waals surface area contributed by atoms with Crippen LogP contribution in [0.15, 0.2) is 82.4 Å². The Morgan fingerprint density at radius 3 is 2.27 bits per heavy atom. The maximum absolute atomic E-state index is 12.2. The third kappa shape index (κ3) is 8.20. The Hall–Kier alpha value is -3.45. The molecule has 0 aliphatic heterocycles. The summed E-state index contributed by atoms with van der Waals surface area (Å²) in [4.78, 5) is 24.1. The number of aryl methyl sites for hydroxylation is 1. The zero-order valence-electron chi connectivity index (χ0n) is 18.3. The Bertz CT molecular complexity index is 1080. The van der Waals surface area contributed by atoms with E-state index in [9.17, 15) is 9.59 Å². The Balaban J connectivity index is 1.41. The van der Waals surface area contributed by atoms with E-state index in [2.05, 4.69) is 33.4 Å². The lowest BCUT2D eigenvalue weighted by atomic mass is 10.1. The van der Waals surface area contributed by atoms with Crippen LogP contribution in [0.5, 0.6) is 11.5 Å². The molecule has 1 amide bonds. The normalized spacial score (nSPS) is 10.7. The predicted molar refractivity (Wildman–Crippen MR) is 132 cm³/mol. The Morgan fingerprint density at radius 1 is 0.939 bits per heavy atom. The number of nitrogens with one attached hydrogen (secondary N) is 1. The average molecular weight is 509 g/mol. The molecular weight excluding hydrogens is 484 g/mol. The largest absolute Gasteiger partial charge is 0.484 e. The van der Waals surface area contributed by atoms with Crippen LogP contribution in [0, 0.1) is 0 Å². The molecule has 0 fully saturated rings. The Kier molecular flexibility index (Phi) is 9.20. The average Bonchev–Trinajstić information content (AvgIpc) is 2.83. The predicted octanol–water partition coefficient (Wildman–Crippen LogP) is 5.54. The van der Waals surface area contributed by atoms with Crippen LogP contribution in [0.2, 0.25) is 0 Å². The van der Waals surface area contributed by atoms with Crippen molar-refractivity contribution in [1.29, 1.82) is 0 Å². The molecule has 3 aromatic carbocycles. The molecule has 0 aliphatic carbocycles. The van der Waals surface area contributed by atoms with Crippen molar-refractivity contribution >= 4 is 34.0 Å². The van der Waals surface area contributed by atoms with E-state index >= 15 is 0 Å². The molecule has 170 valence electrons. The summed E-state index contributed by atoms with van der Waals surface area (Å²) >= 11 is 3.33. The molecule has 0 spiro atoms. The van der Waals surface area contributed by atoms with Crippen molar-refractivity contribution in [3.8, 4) is 11.5 Å². The lowest BCUT2D eigenvalue weighted by Gasteiger charge is -2.06. The second kappa shape index (κ2) is 12.6. The molecule has 33 heavy (non-hydrogen) atoms. The topological polar surface area (TPSA) is 77.0 Å². The van der Waals surface area contributed by atoms with E-state index < -0.39 is 5.97 Å². The molecule has 0 aromatic heterocycles. The van der Waals surface area contributed by atoms with Gasteiger partial charge in [0.05, 0.1) is 11.8 Å². The number of nitrogens with zero attached hydrogens (tertiary/aromatic N) is 1. The van der Waals surface area contributed by atoms with Crippen LogP contribution in [0.3, 0.4) is 0 Å². The molecule has 0 atom stereocenters. The lowest BCUT2D eigenvalue weighted by molar-refractivity contribution is -0.123. The van der Waals surface area contributed by atoms with Gasteiger partial charge in [0, 0.05) is 4.47 Å². The zero-order chi connectivity index (χ0) is 23.5. The minimum absolute atomic E-state index is 0.128. The van der Waals surface area contributed by atoms with E-state index in [1.54, 1.807) is 48.5 Å². The molecule has 7 heteroatoms. The number of esters is 1. The van der Waals surface area contributed by atoms with Gasteiger partial charge in [-0.25, -0.2) is 10.2 Å². The van der Waals surface area contributed by atoms with Crippen LogP contribution in [-0.2, 0) is 11.2 Å². The van der Waals surface area contributed by atoms with Gasteiger partial charge in [0.1, 0.15) is 11.5 Å². The van der Waals surface area contributed by atoms with Gasteiger partial charge in [-0.1, -0.05) is 41.4 Å². The van der Waals surface area contributed by atoms with Crippen LogP contribution < -0.4 is 14.9 Å². The van der Waals surface area contributed by atoms with Crippen LogP contribution >= 0.6 is 15.9 Å². The zero-order valence-corrected chi connectivity index (χ0v) is 19.9. The standard InChI is InChI=1S/C26H25BrN2O4/c1-2-3-4-19-5-13-23(14-6-19)32-18-25(30)29-28-17-20-7-15-24(16-8-20)33-26(31)21-9-11-22(27)12-10-21/h5-17H,2-4,18H2,1H3,(H,29,30)/b28-17-. The van der Waals surface area contributed by atoms with Gasteiger partial charge in [-0.3, -0.25) is 4.79 Å². The first-order valence-electron chi connectivity index (χ1n) is 10.6. The van der Waals surface area contributed by atoms with Crippen molar-refractivity contribution in [3.63, 3.8) is 0 Å². The van der Waals surface area contributed by atoms with Crippen molar-refractivity contribution in [2.75, 3.05) is 6.61 Å². The number of amides is 1. The Morgan fingerprint density at radius 2 is 1.61 bits per heavy atom. The van der Waals surface area contributed by atoms with E-state index in [0.29, 0.717) is 17.1 Å². The monoisotopic (exact) mass is 508 g/mol. The number of benzene rings is 3. The highest BCUT2D eigenvalue weighted by atomic mass is 79.9. The highest BCUT2D eigenvalue weighted by Gasteiger charge is 2.08. The molecule has 1 N–H and O–H groups in total. The van der Waals surface area contributed by atoms with E-state index in [1.807, 2.05) is 24.3 Å². The number of ether oxygens (including phenoxy) is 2. The summed E-state index contributed by atoms with van der Waals surface area (Å²) in [6, 6.07) is 21.5. The van der Waals surface area contributed by atoms with Crippen molar-refractivity contribution < 1.29 is 19.1 Å². The summed E-state index contributed by atoms with van der Waals surface area (Å²) in [6.07, 6.45) is 4.85. The van der Waals surface area contributed by atoms with Gasteiger partial charge in [0.25, 0.3) is 5.91 Å². The minimum atomic E-state index is -0.438. The van der Waals surface area contributed by atoms with Crippen molar-refractivity contribution in [2.24, 2.45) is 5.10 Å². The SMILES string of the molecule is CCCCc1ccc(OCC(=O)N/N=C\c2ccc(OC(=O)c3ccc(Br)cc3)cc2)cc1. The molecular formula is C26H25BrN2O4. The smallest absolute Gasteiger partial charge is 0.343 e. The van der Waals surface area contributed by atoms with Crippen LogP contribution in [0.4, 0.5) is 0 Å². The molecule has 6 nitrogen and oxygen atoms in total. The van der Waals surface area contributed by atoms with Gasteiger partial charge in [-0.2, -0.15) is 5.10 Å². The van der Waals surface area contributed by atoms with Crippen LogP contribution in [-0.4, -0.2) is 24.7 Å². The molecule has 0 saturated carbocycles. The van der Waals surface area contributed by atoms with Gasteiger partial charge in [0.2, 0.25) is 0 Å². The van der Waals surface area contributed by atoms with Crippen LogP contribution in [0.1, 0.15) is 41.3 Å². The van der Waals surface area contributed by atoms with E-state index in [4.69, 9.17) is 9.47 Å². The van der Waals surface area contributed by atoms with Crippen molar-refractivity contribution in [1.82, 2.24) is 5.43 Å². The Labute approximate surface area is 201 Å². The minimum Gasteiger partial charge on any atom is -0.484 e. The first kappa shape index (κ1) is 24.2. The number of rotatable bonds is 10. The second-order valence-corrected chi connectivity index (χ2v) is 8.21. The summed E-state index contributed by atoms with van der Waals surface area (Å²) in [7, 11) is 0. The highest BCUT2D eigenvalue weighted by Crippen LogP contribution is 2.16. The third-order valence-electron chi connectivity index (χ3n) is 4.69. The van der Waals surface area contributed by atoms with Gasteiger partial charge >= 0.3 is 5.97 Å². The number of carbonyl (C=O) groups is 2. The third-order valence-corrected chi connectivity index (χ3v) is 5.21. The summed E-state index contributed by atoms with van der Waals surface area (Å²) in [5.41, 5.74) is 4.88. The number of hydrogen-bond donors (Lipinski definition) is 1. The number of hydrazone groups is 1. The number of unbranched alkanes of at least 4 members (excludes halogenated alkanes) is 1. The van der Waals surface area contributed by atoms with Gasteiger partial charge in [-0.15, -0.1) is 0 Å². The molecule has 0 unspecified atom stereocenters. The summed E-state index contributed by atoms with van der Waals surface area (Å²) in [5.74, 6) is 0.258. The van der Waals surface area contributed by atoms with E-state index in [1.165, 1.54) is 11.8 Å². The number of carbonyl (C=O) groups excluding carboxylic acids is 2.